The van der Waals surface area contributed by atoms with E-state index in [2.05, 4.69) is 0 Å². The molecule has 0 aromatic heterocycles. The molecule has 0 unspecified atom stereocenters. The number of nitro groups is 1. The third-order valence-electron chi connectivity index (χ3n) is 1.96. The van der Waals surface area contributed by atoms with Crippen LogP contribution in [0.4, 0.5) is 5.69 Å². The largest absolute Gasteiger partial charge is 0.330 e. The van der Waals surface area contributed by atoms with E-state index in [9.17, 15) is 18.5 Å². The van der Waals surface area contributed by atoms with Crippen molar-refractivity contribution in [3.63, 3.8) is 0 Å². The van der Waals surface area contributed by atoms with Crippen molar-refractivity contribution in [1.29, 1.82) is 0 Å². The Hall–Kier alpha value is -0.510. The number of benzene rings is 1. The van der Waals surface area contributed by atoms with E-state index in [4.69, 9.17) is 10.3 Å². The average molecular weight is 269 g/mol. The molecular formula is C8H10N2NaO5S. The minimum absolute atomic E-state index is 0. The molecule has 1 aromatic rings. The zero-order valence-electron chi connectivity index (χ0n) is 9.16. The fourth-order valence-corrected chi connectivity index (χ4v) is 1.74. The normalized spacial score (nSPS) is 10.7. The molecule has 0 saturated carbocycles. The maximum Gasteiger partial charge on any atom is 0.294 e. The summed E-state index contributed by atoms with van der Waals surface area (Å²) in [7, 11) is -4.43. The molecule has 0 aliphatic rings. The molecule has 7 nitrogen and oxygen atoms in total. The monoisotopic (exact) mass is 269 g/mol. The smallest absolute Gasteiger partial charge is 0.294 e. The van der Waals surface area contributed by atoms with Crippen LogP contribution in [0.1, 0.15) is 5.56 Å². The van der Waals surface area contributed by atoms with Gasteiger partial charge >= 0.3 is 0 Å². The van der Waals surface area contributed by atoms with E-state index >= 15 is 0 Å². The van der Waals surface area contributed by atoms with Gasteiger partial charge in [0, 0.05) is 41.2 Å². The van der Waals surface area contributed by atoms with Crippen LogP contribution in [0.25, 0.3) is 0 Å². The van der Waals surface area contributed by atoms with Gasteiger partial charge in [-0.3, -0.25) is 14.7 Å². The summed E-state index contributed by atoms with van der Waals surface area (Å²) >= 11 is 0. The van der Waals surface area contributed by atoms with Crippen LogP contribution in [0.5, 0.6) is 0 Å². The minimum Gasteiger partial charge on any atom is -0.330 e. The maximum absolute atomic E-state index is 10.8. The Bertz CT molecular complexity index is 517. The van der Waals surface area contributed by atoms with Crippen LogP contribution >= 0.6 is 0 Å². The summed E-state index contributed by atoms with van der Waals surface area (Å²) < 4.78 is 30.3. The van der Waals surface area contributed by atoms with E-state index in [0.29, 0.717) is 5.56 Å². The van der Waals surface area contributed by atoms with Crippen LogP contribution in [-0.2, 0) is 16.5 Å². The van der Waals surface area contributed by atoms with Crippen LogP contribution in [0.15, 0.2) is 23.1 Å². The van der Waals surface area contributed by atoms with Gasteiger partial charge in [-0.25, -0.2) is 0 Å². The van der Waals surface area contributed by atoms with Crippen LogP contribution in [-0.4, -0.2) is 54.0 Å². The molecule has 17 heavy (non-hydrogen) atoms. The predicted molar refractivity (Wildman–Crippen MR) is 61.4 cm³/mol. The van der Waals surface area contributed by atoms with Crippen molar-refractivity contribution in [3.8, 4) is 0 Å². The Labute approximate surface area is 120 Å². The van der Waals surface area contributed by atoms with E-state index in [-0.39, 0.29) is 48.2 Å². The zero-order chi connectivity index (χ0) is 12.3. The van der Waals surface area contributed by atoms with E-state index in [1.807, 2.05) is 0 Å². The third-order valence-corrected chi connectivity index (χ3v) is 2.81. The molecule has 0 bridgehead atoms. The van der Waals surface area contributed by atoms with E-state index in [1.165, 1.54) is 6.07 Å². The summed E-state index contributed by atoms with van der Waals surface area (Å²) in [4.78, 5) is 9.46. The second kappa shape index (κ2) is 6.43. The molecule has 9 heteroatoms. The minimum atomic E-state index is -4.43. The number of rotatable bonds is 4. The van der Waals surface area contributed by atoms with Gasteiger partial charge in [-0.15, -0.1) is 0 Å². The van der Waals surface area contributed by atoms with Crippen molar-refractivity contribution >= 4 is 45.4 Å². The third kappa shape index (κ3) is 4.34. The molecular weight excluding hydrogens is 259 g/mol. The standard InChI is InChI=1S/C8H10N2O5S.Na/c9-4-3-6-1-2-7(16(13,14)15)5-8(6)10(11)12;/h1-2,5H,3-4,9H2,(H,13,14,15);. The number of hydrogen-bond acceptors (Lipinski definition) is 5. The molecule has 1 radical (unpaired) electrons. The fourth-order valence-electron chi connectivity index (χ4n) is 1.24. The first kappa shape index (κ1) is 16.5. The number of nitrogens with two attached hydrogens (primary N) is 1. The van der Waals surface area contributed by atoms with Crippen molar-refractivity contribution in [2.24, 2.45) is 5.73 Å². The molecule has 1 rings (SSSR count). The molecule has 0 atom stereocenters. The maximum atomic E-state index is 10.8. The summed E-state index contributed by atoms with van der Waals surface area (Å²) in [5, 5.41) is 10.7. The van der Waals surface area contributed by atoms with Crippen molar-refractivity contribution in [2.45, 2.75) is 11.3 Å². The van der Waals surface area contributed by atoms with Gasteiger partial charge in [0.25, 0.3) is 15.8 Å². The molecule has 0 heterocycles. The molecule has 0 fully saturated rings. The first-order chi connectivity index (χ1) is 7.36. The summed E-state index contributed by atoms with van der Waals surface area (Å²) in [6.45, 7) is 0.214. The van der Waals surface area contributed by atoms with Gasteiger partial charge < -0.3 is 5.73 Å². The van der Waals surface area contributed by atoms with E-state index < -0.39 is 19.9 Å². The predicted octanol–water partition coefficient (Wildman–Crippen LogP) is -0.0381. The number of nitrogens with zero attached hydrogens (tertiary/aromatic N) is 1. The van der Waals surface area contributed by atoms with Gasteiger partial charge in [-0.05, 0) is 19.0 Å². The zero-order valence-corrected chi connectivity index (χ0v) is 12.0. The molecule has 0 spiro atoms. The second-order valence-electron chi connectivity index (χ2n) is 3.06. The SMILES string of the molecule is NCCc1ccc(S(=O)(=O)O)cc1[N+](=O)[O-].[Na]. The van der Waals surface area contributed by atoms with Gasteiger partial charge in [0.15, 0.2) is 0 Å². The molecule has 1 aromatic carbocycles. The van der Waals surface area contributed by atoms with Crippen molar-refractivity contribution in [3.05, 3.63) is 33.9 Å². The van der Waals surface area contributed by atoms with Crippen LogP contribution in [0.2, 0.25) is 0 Å². The molecule has 0 aliphatic carbocycles. The van der Waals surface area contributed by atoms with Crippen molar-refractivity contribution in [1.82, 2.24) is 0 Å². The fraction of sp³-hybridized carbons (Fsp3) is 0.250. The second-order valence-corrected chi connectivity index (χ2v) is 4.48. The Morgan fingerprint density at radius 2 is 2.00 bits per heavy atom. The van der Waals surface area contributed by atoms with Gasteiger partial charge in [0.1, 0.15) is 4.90 Å². The summed E-state index contributed by atoms with van der Waals surface area (Å²) in [5.41, 5.74) is 5.24. The summed E-state index contributed by atoms with van der Waals surface area (Å²) in [5.74, 6) is 0. The Morgan fingerprint density at radius 1 is 1.41 bits per heavy atom. The van der Waals surface area contributed by atoms with Crippen molar-refractivity contribution in [2.75, 3.05) is 6.54 Å². The quantitative estimate of drug-likeness (QED) is 0.342. The van der Waals surface area contributed by atoms with Gasteiger partial charge in [-0.1, -0.05) is 6.07 Å². The van der Waals surface area contributed by atoms with E-state index in [0.717, 1.165) is 12.1 Å². The molecule has 0 amide bonds. The number of hydrogen-bond donors (Lipinski definition) is 2. The first-order valence-electron chi connectivity index (χ1n) is 4.31. The van der Waals surface area contributed by atoms with Gasteiger partial charge in [0.05, 0.1) is 4.92 Å². The van der Waals surface area contributed by atoms with Crippen LogP contribution in [0, 0.1) is 10.1 Å². The van der Waals surface area contributed by atoms with E-state index in [1.54, 1.807) is 0 Å². The Kier molecular flexibility index (Phi) is 6.24. The molecule has 0 saturated heterocycles. The summed E-state index contributed by atoms with van der Waals surface area (Å²) in [6.07, 6.45) is 0.266. The summed E-state index contributed by atoms with van der Waals surface area (Å²) in [6, 6.07) is 3.20. The first-order valence-corrected chi connectivity index (χ1v) is 5.75. The van der Waals surface area contributed by atoms with Crippen LogP contribution in [0.3, 0.4) is 0 Å². The average Bonchev–Trinajstić information content (AvgIpc) is 2.16. The van der Waals surface area contributed by atoms with Crippen molar-refractivity contribution < 1.29 is 17.9 Å². The molecule has 0 aliphatic heterocycles. The molecule has 89 valence electrons. The Morgan fingerprint density at radius 3 is 2.41 bits per heavy atom. The van der Waals surface area contributed by atoms with Crippen LogP contribution < -0.4 is 5.73 Å². The van der Waals surface area contributed by atoms with Gasteiger partial charge in [0.2, 0.25) is 0 Å². The topological polar surface area (TPSA) is 124 Å². The number of nitro benzene ring substituents is 1. The Balaban J connectivity index is 0.00000256. The van der Waals surface area contributed by atoms with Gasteiger partial charge in [-0.2, -0.15) is 8.42 Å². The molecule has 3 N–H and O–H groups in total.